The maximum atomic E-state index is 13.5. The first-order chi connectivity index (χ1) is 16.9. The molecule has 2 aliphatic heterocycles. The zero-order valence-electron chi connectivity index (χ0n) is 20.2. The minimum absolute atomic E-state index is 0.182. The Kier molecular flexibility index (Phi) is 7.97. The van der Waals surface area contributed by atoms with Crippen molar-refractivity contribution >= 4 is 29.5 Å². The molecule has 35 heavy (non-hydrogen) atoms. The quantitative estimate of drug-likeness (QED) is 0.427. The summed E-state index contributed by atoms with van der Waals surface area (Å²) in [5.74, 6) is -0.233. The number of likely N-dealkylation sites (N-methyl/N-ethyl adjacent to an activating group) is 1. The van der Waals surface area contributed by atoms with Gasteiger partial charge in [0.05, 0.1) is 0 Å². The first kappa shape index (κ1) is 25.1. The number of carbonyl (C=O) groups excluding carboxylic acids is 3. The molecular formula is C26H31N3O5S. The fourth-order valence-electron chi connectivity index (χ4n) is 4.18. The van der Waals surface area contributed by atoms with E-state index in [1.54, 1.807) is 13.8 Å². The molecule has 2 aliphatic rings. The zero-order valence-corrected chi connectivity index (χ0v) is 21.0. The third-order valence-corrected chi connectivity index (χ3v) is 7.20. The predicted molar refractivity (Wildman–Crippen MR) is 134 cm³/mol. The highest BCUT2D eigenvalue weighted by molar-refractivity contribution is 7.97. The Balaban J connectivity index is 1.55. The van der Waals surface area contributed by atoms with Gasteiger partial charge in [0, 0.05) is 23.9 Å². The molecule has 9 heteroatoms. The fraction of sp³-hybridized carbons (Fsp3) is 0.423. The number of rotatable bonds is 8. The SMILES string of the molecule is CCN1Sc2cc3c(cc2CC1C(=O)NC(Cc1ccccc1)C(=O)C(=O)NC(C)C)OCCO3. The van der Waals surface area contributed by atoms with Crippen LogP contribution in [-0.4, -0.2) is 59.8 Å². The average molecular weight is 498 g/mol. The van der Waals surface area contributed by atoms with Gasteiger partial charge < -0.3 is 20.1 Å². The minimum atomic E-state index is -0.964. The summed E-state index contributed by atoms with van der Waals surface area (Å²) < 4.78 is 13.4. The largest absolute Gasteiger partial charge is 0.486 e. The average Bonchev–Trinajstić information content (AvgIpc) is 2.85. The van der Waals surface area contributed by atoms with Gasteiger partial charge >= 0.3 is 0 Å². The van der Waals surface area contributed by atoms with Gasteiger partial charge in [-0.1, -0.05) is 37.3 Å². The molecule has 2 atom stereocenters. The Labute approximate surface area is 209 Å². The molecular weight excluding hydrogens is 466 g/mol. The Morgan fingerprint density at radius 2 is 1.74 bits per heavy atom. The van der Waals surface area contributed by atoms with Crippen LogP contribution in [-0.2, 0) is 27.2 Å². The van der Waals surface area contributed by atoms with Crippen molar-refractivity contribution in [2.75, 3.05) is 19.8 Å². The molecule has 2 N–H and O–H groups in total. The number of hydrogen-bond acceptors (Lipinski definition) is 7. The van der Waals surface area contributed by atoms with E-state index < -0.39 is 23.8 Å². The lowest BCUT2D eigenvalue weighted by molar-refractivity contribution is -0.140. The van der Waals surface area contributed by atoms with E-state index >= 15 is 0 Å². The van der Waals surface area contributed by atoms with Crippen molar-refractivity contribution in [1.82, 2.24) is 14.9 Å². The lowest BCUT2D eigenvalue weighted by atomic mass is 9.99. The van der Waals surface area contributed by atoms with Gasteiger partial charge in [-0.05, 0) is 55.5 Å². The number of fused-ring (bicyclic) bond motifs is 2. The van der Waals surface area contributed by atoms with E-state index in [0.717, 1.165) is 16.0 Å². The van der Waals surface area contributed by atoms with E-state index in [9.17, 15) is 14.4 Å². The molecule has 0 radical (unpaired) electrons. The molecule has 2 aromatic rings. The number of ether oxygens (including phenoxy) is 2. The van der Waals surface area contributed by atoms with Gasteiger partial charge in [-0.15, -0.1) is 0 Å². The monoisotopic (exact) mass is 497 g/mol. The van der Waals surface area contributed by atoms with Crippen molar-refractivity contribution in [2.45, 2.75) is 56.6 Å². The first-order valence-corrected chi connectivity index (χ1v) is 12.7. The first-order valence-electron chi connectivity index (χ1n) is 11.9. The predicted octanol–water partition coefficient (Wildman–Crippen LogP) is 2.53. The number of carbonyl (C=O) groups is 3. The summed E-state index contributed by atoms with van der Waals surface area (Å²) in [7, 11) is 0. The summed E-state index contributed by atoms with van der Waals surface area (Å²) in [4.78, 5) is 40.1. The van der Waals surface area contributed by atoms with Crippen molar-refractivity contribution in [2.24, 2.45) is 0 Å². The van der Waals surface area contributed by atoms with Gasteiger partial charge in [-0.25, -0.2) is 4.31 Å². The summed E-state index contributed by atoms with van der Waals surface area (Å²) >= 11 is 1.49. The Hall–Kier alpha value is -3.04. The van der Waals surface area contributed by atoms with E-state index in [-0.39, 0.29) is 18.4 Å². The maximum absolute atomic E-state index is 13.5. The smallest absolute Gasteiger partial charge is 0.289 e. The normalized spacial score (nSPS) is 17.9. The zero-order chi connectivity index (χ0) is 24.9. The third kappa shape index (κ3) is 5.97. The van der Waals surface area contributed by atoms with E-state index in [2.05, 4.69) is 10.6 Å². The summed E-state index contributed by atoms with van der Waals surface area (Å²) in [6, 6.07) is 11.6. The number of hydrogen-bond donors (Lipinski definition) is 2. The Morgan fingerprint density at radius 1 is 1.06 bits per heavy atom. The number of amides is 2. The molecule has 2 unspecified atom stereocenters. The van der Waals surface area contributed by atoms with Crippen LogP contribution in [0, 0.1) is 0 Å². The van der Waals surface area contributed by atoms with Crippen LogP contribution in [0.4, 0.5) is 0 Å². The molecule has 0 fully saturated rings. The van der Waals surface area contributed by atoms with Gasteiger partial charge in [-0.2, -0.15) is 0 Å². The number of nitrogens with one attached hydrogen (secondary N) is 2. The van der Waals surface area contributed by atoms with Gasteiger partial charge in [0.2, 0.25) is 11.7 Å². The molecule has 2 amide bonds. The highest BCUT2D eigenvalue weighted by Crippen LogP contribution is 2.42. The maximum Gasteiger partial charge on any atom is 0.289 e. The standard InChI is InChI=1S/C26H31N3O5S/c1-4-29-20(13-18-14-21-22(15-23(18)35-29)34-11-10-33-21)25(31)28-19(12-17-8-6-5-7-9-17)24(30)26(32)27-16(2)3/h5-9,14-16,19-20H,4,10-13H2,1-3H3,(H,27,32)(H,28,31). The second-order valence-electron chi connectivity index (χ2n) is 8.89. The highest BCUT2D eigenvalue weighted by Gasteiger charge is 2.36. The molecule has 0 saturated carbocycles. The Morgan fingerprint density at radius 3 is 2.40 bits per heavy atom. The molecule has 2 aromatic carbocycles. The fourth-order valence-corrected chi connectivity index (χ4v) is 5.28. The van der Waals surface area contributed by atoms with Crippen LogP contribution in [0.5, 0.6) is 11.5 Å². The molecule has 186 valence electrons. The van der Waals surface area contributed by atoms with Gasteiger partial charge in [-0.3, -0.25) is 14.4 Å². The molecule has 0 aromatic heterocycles. The number of benzene rings is 2. The van der Waals surface area contributed by atoms with E-state index in [4.69, 9.17) is 9.47 Å². The molecule has 2 heterocycles. The van der Waals surface area contributed by atoms with E-state index in [0.29, 0.717) is 37.7 Å². The van der Waals surface area contributed by atoms with Gasteiger partial charge in [0.15, 0.2) is 11.5 Å². The van der Waals surface area contributed by atoms with Crippen molar-refractivity contribution in [3.8, 4) is 11.5 Å². The number of Topliss-reactive ketones (excluding diaryl/α,β-unsaturated/α-hetero) is 1. The van der Waals surface area contributed by atoms with Crippen LogP contribution in [0.3, 0.4) is 0 Å². The highest BCUT2D eigenvalue weighted by atomic mass is 32.2. The van der Waals surface area contributed by atoms with Crippen LogP contribution in [0.15, 0.2) is 47.4 Å². The lowest BCUT2D eigenvalue weighted by Crippen LogP contribution is -2.55. The Bertz CT molecular complexity index is 1090. The van der Waals surface area contributed by atoms with E-state index in [1.807, 2.05) is 53.7 Å². The van der Waals surface area contributed by atoms with Gasteiger partial charge in [0.25, 0.3) is 5.91 Å². The summed E-state index contributed by atoms with van der Waals surface area (Å²) in [6.07, 6.45) is 0.696. The molecule has 4 rings (SSSR count). The molecule has 0 spiro atoms. The van der Waals surface area contributed by atoms with E-state index in [1.165, 1.54) is 11.9 Å². The summed E-state index contributed by atoms with van der Waals surface area (Å²) in [6.45, 7) is 7.20. The van der Waals surface area contributed by atoms with Gasteiger partial charge in [0.1, 0.15) is 25.3 Å². The van der Waals surface area contributed by atoms with Crippen LogP contribution < -0.4 is 20.1 Å². The number of nitrogens with zero attached hydrogens (tertiary/aromatic N) is 1. The lowest BCUT2D eigenvalue weighted by Gasteiger charge is -2.35. The van der Waals surface area contributed by atoms with Crippen LogP contribution >= 0.6 is 11.9 Å². The summed E-state index contributed by atoms with van der Waals surface area (Å²) in [5, 5.41) is 5.53. The topological polar surface area (TPSA) is 97.0 Å². The molecule has 0 aliphatic carbocycles. The van der Waals surface area contributed by atoms with Crippen molar-refractivity contribution in [3.05, 3.63) is 53.6 Å². The molecule has 0 bridgehead atoms. The van der Waals surface area contributed by atoms with Crippen molar-refractivity contribution in [3.63, 3.8) is 0 Å². The number of ketones is 1. The van der Waals surface area contributed by atoms with Crippen LogP contribution in [0.25, 0.3) is 0 Å². The van der Waals surface area contributed by atoms with Crippen molar-refractivity contribution in [1.29, 1.82) is 0 Å². The van der Waals surface area contributed by atoms with Crippen LogP contribution in [0.2, 0.25) is 0 Å². The second-order valence-corrected chi connectivity index (χ2v) is 9.98. The van der Waals surface area contributed by atoms with Crippen molar-refractivity contribution < 1.29 is 23.9 Å². The third-order valence-electron chi connectivity index (χ3n) is 5.88. The second kappa shape index (κ2) is 11.1. The molecule has 0 saturated heterocycles. The molecule has 8 nitrogen and oxygen atoms in total. The summed E-state index contributed by atoms with van der Waals surface area (Å²) in [5.41, 5.74) is 1.86. The minimum Gasteiger partial charge on any atom is -0.486 e. The van der Waals surface area contributed by atoms with Crippen LogP contribution in [0.1, 0.15) is 31.9 Å².